The van der Waals surface area contributed by atoms with Crippen LogP contribution in [0.1, 0.15) is 35.8 Å². The molecule has 0 bridgehead atoms. The highest BCUT2D eigenvalue weighted by Crippen LogP contribution is 2.27. The maximum Gasteiger partial charge on any atom is 0.225 e. The highest BCUT2D eigenvalue weighted by molar-refractivity contribution is 5.34. The van der Waals surface area contributed by atoms with Crippen molar-refractivity contribution in [2.45, 2.75) is 32.6 Å². The third-order valence-corrected chi connectivity index (χ3v) is 4.50. The molecule has 1 unspecified atom stereocenters. The van der Waals surface area contributed by atoms with Crippen LogP contribution >= 0.6 is 0 Å². The Hall–Kier alpha value is -2.83. The summed E-state index contributed by atoms with van der Waals surface area (Å²) in [4.78, 5) is 24.7. The Morgan fingerprint density at radius 3 is 2.64 bits per heavy atom. The minimum absolute atomic E-state index is 0.328. The molecule has 0 radical (unpaired) electrons. The van der Waals surface area contributed by atoms with Crippen LogP contribution in [-0.2, 0) is 0 Å². The van der Waals surface area contributed by atoms with Crippen LogP contribution in [0.3, 0.4) is 0 Å². The van der Waals surface area contributed by atoms with E-state index in [0.29, 0.717) is 5.92 Å². The van der Waals surface area contributed by atoms with Gasteiger partial charge in [-0.25, -0.2) is 19.9 Å². The lowest BCUT2D eigenvalue weighted by Crippen LogP contribution is -2.36. The van der Waals surface area contributed by atoms with E-state index in [-0.39, 0.29) is 0 Å². The molecule has 1 aliphatic heterocycles. The molecule has 0 saturated carbocycles. The summed E-state index contributed by atoms with van der Waals surface area (Å²) < 4.78 is 1.88. The summed E-state index contributed by atoms with van der Waals surface area (Å²) in [6.07, 6.45) is 11.2. The van der Waals surface area contributed by atoms with E-state index < -0.39 is 0 Å². The van der Waals surface area contributed by atoms with Gasteiger partial charge in [-0.05, 0) is 32.8 Å². The minimum atomic E-state index is 0.328. The van der Waals surface area contributed by atoms with Crippen molar-refractivity contribution in [3.05, 3.63) is 54.3 Å². The first-order chi connectivity index (χ1) is 12.2. The van der Waals surface area contributed by atoms with Crippen LogP contribution in [0.2, 0.25) is 0 Å². The van der Waals surface area contributed by atoms with Crippen LogP contribution in [0.5, 0.6) is 0 Å². The average molecular weight is 335 g/mol. The SMILES string of the molecule is Cc1cc(C)nc(N2CCCC(c3cncc(-n4ccnc4)n3)C2)n1. The fourth-order valence-electron chi connectivity index (χ4n) is 3.34. The number of imidazole rings is 1. The Morgan fingerprint density at radius 2 is 1.88 bits per heavy atom. The Labute approximate surface area is 146 Å². The van der Waals surface area contributed by atoms with E-state index in [1.807, 2.05) is 36.9 Å². The lowest BCUT2D eigenvalue weighted by Gasteiger charge is -2.32. The normalized spacial score (nSPS) is 17.7. The molecule has 3 aromatic heterocycles. The third kappa shape index (κ3) is 3.35. The van der Waals surface area contributed by atoms with Crippen LogP contribution in [-0.4, -0.2) is 42.6 Å². The van der Waals surface area contributed by atoms with Gasteiger partial charge in [0, 0.05) is 49.0 Å². The van der Waals surface area contributed by atoms with E-state index >= 15 is 0 Å². The van der Waals surface area contributed by atoms with Gasteiger partial charge < -0.3 is 4.90 Å². The molecular weight excluding hydrogens is 314 g/mol. The van der Waals surface area contributed by atoms with Crippen LogP contribution in [0.25, 0.3) is 5.82 Å². The maximum atomic E-state index is 4.80. The molecule has 7 nitrogen and oxygen atoms in total. The second-order valence-electron chi connectivity index (χ2n) is 6.51. The van der Waals surface area contributed by atoms with Gasteiger partial charge in [0.2, 0.25) is 5.95 Å². The number of nitrogens with zero attached hydrogens (tertiary/aromatic N) is 7. The Bertz CT molecular complexity index is 839. The molecule has 0 amide bonds. The molecule has 3 aromatic rings. The number of aryl methyl sites for hydroxylation is 2. The molecule has 0 N–H and O–H groups in total. The van der Waals surface area contributed by atoms with Crippen molar-refractivity contribution >= 4 is 5.95 Å². The van der Waals surface area contributed by atoms with E-state index in [9.17, 15) is 0 Å². The molecule has 1 fully saturated rings. The van der Waals surface area contributed by atoms with Gasteiger partial charge in [0.25, 0.3) is 0 Å². The molecule has 0 aromatic carbocycles. The quantitative estimate of drug-likeness (QED) is 0.732. The largest absolute Gasteiger partial charge is 0.340 e. The standard InChI is InChI=1S/C18H21N7/c1-13-8-14(2)22-18(21-13)24-6-3-4-15(11-24)16-9-20-10-17(23-16)25-7-5-19-12-25/h5,7-10,12,15H,3-4,6,11H2,1-2H3. The highest BCUT2D eigenvalue weighted by atomic mass is 15.3. The van der Waals surface area contributed by atoms with Crippen molar-refractivity contribution < 1.29 is 0 Å². The molecule has 1 saturated heterocycles. The fraction of sp³-hybridized carbons (Fsp3) is 0.389. The second kappa shape index (κ2) is 6.58. The summed E-state index contributed by atoms with van der Waals surface area (Å²) in [6, 6.07) is 2.00. The van der Waals surface area contributed by atoms with Gasteiger partial charge in [-0.2, -0.15) is 0 Å². The number of hydrogen-bond donors (Lipinski definition) is 0. The Balaban J connectivity index is 1.58. The van der Waals surface area contributed by atoms with Gasteiger partial charge >= 0.3 is 0 Å². The predicted molar refractivity (Wildman–Crippen MR) is 94.8 cm³/mol. The van der Waals surface area contributed by atoms with E-state index in [4.69, 9.17) is 4.98 Å². The van der Waals surface area contributed by atoms with E-state index in [1.54, 1.807) is 18.7 Å². The van der Waals surface area contributed by atoms with Gasteiger partial charge in [-0.15, -0.1) is 0 Å². The number of anilines is 1. The topological polar surface area (TPSA) is 72.6 Å². The van der Waals surface area contributed by atoms with Crippen molar-refractivity contribution in [3.63, 3.8) is 0 Å². The predicted octanol–water partition coefficient (Wildman–Crippen LogP) is 2.45. The van der Waals surface area contributed by atoms with Crippen LogP contribution in [0.4, 0.5) is 5.95 Å². The zero-order valence-electron chi connectivity index (χ0n) is 14.5. The minimum Gasteiger partial charge on any atom is -0.340 e. The smallest absolute Gasteiger partial charge is 0.225 e. The van der Waals surface area contributed by atoms with Gasteiger partial charge in [0.15, 0.2) is 5.82 Å². The lowest BCUT2D eigenvalue weighted by atomic mass is 9.95. The zero-order valence-corrected chi connectivity index (χ0v) is 14.5. The maximum absolute atomic E-state index is 4.80. The number of piperidine rings is 1. The molecular formula is C18H21N7. The number of aromatic nitrogens is 6. The monoisotopic (exact) mass is 335 g/mol. The van der Waals surface area contributed by atoms with Gasteiger partial charge in [-0.3, -0.25) is 9.55 Å². The molecule has 4 rings (SSSR count). The third-order valence-electron chi connectivity index (χ3n) is 4.50. The van der Waals surface area contributed by atoms with Crippen molar-refractivity contribution in [3.8, 4) is 5.82 Å². The van der Waals surface area contributed by atoms with Crippen LogP contribution < -0.4 is 4.90 Å². The number of rotatable bonds is 3. The highest BCUT2D eigenvalue weighted by Gasteiger charge is 2.25. The van der Waals surface area contributed by atoms with Crippen molar-refractivity contribution in [1.82, 2.24) is 29.5 Å². The molecule has 0 spiro atoms. The first-order valence-corrected chi connectivity index (χ1v) is 8.56. The molecule has 25 heavy (non-hydrogen) atoms. The summed E-state index contributed by atoms with van der Waals surface area (Å²) in [7, 11) is 0. The van der Waals surface area contributed by atoms with Crippen molar-refractivity contribution in [2.24, 2.45) is 0 Å². The van der Waals surface area contributed by atoms with E-state index in [0.717, 1.165) is 54.8 Å². The second-order valence-corrected chi connectivity index (χ2v) is 6.51. The van der Waals surface area contributed by atoms with Gasteiger partial charge in [-0.1, -0.05) is 0 Å². The van der Waals surface area contributed by atoms with E-state index in [1.165, 1.54) is 0 Å². The summed E-state index contributed by atoms with van der Waals surface area (Å²) in [5.74, 6) is 1.95. The molecule has 128 valence electrons. The summed E-state index contributed by atoms with van der Waals surface area (Å²) >= 11 is 0. The Kier molecular flexibility index (Phi) is 4.13. The Morgan fingerprint density at radius 1 is 1.04 bits per heavy atom. The van der Waals surface area contributed by atoms with Crippen molar-refractivity contribution in [2.75, 3.05) is 18.0 Å². The molecule has 0 aliphatic carbocycles. The summed E-state index contributed by atoms with van der Waals surface area (Å²) in [5.41, 5.74) is 3.03. The first kappa shape index (κ1) is 15.7. The lowest BCUT2D eigenvalue weighted by molar-refractivity contribution is 0.493. The molecule has 1 atom stereocenters. The van der Waals surface area contributed by atoms with Crippen molar-refractivity contribution in [1.29, 1.82) is 0 Å². The zero-order chi connectivity index (χ0) is 17.2. The molecule has 4 heterocycles. The fourth-order valence-corrected chi connectivity index (χ4v) is 3.34. The van der Waals surface area contributed by atoms with Gasteiger partial charge in [0.1, 0.15) is 6.33 Å². The van der Waals surface area contributed by atoms with Crippen LogP contribution in [0.15, 0.2) is 37.2 Å². The average Bonchev–Trinajstić information content (AvgIpc) is 3.16. The van der Waals surface area contributed by atoms with Gasteiger partial charge in [0.05, 0.1) is 11.9 Å². The summed E-state index contributed by atoms with van der Waals surface area (Å²) in [5, 5.41) is 0. The number of hydrogen-bond acceptors (Lipinski definition) is 6. The van der Waals surface area contributed by atoms with E-state index in [2.05, 4.69) is 24.8 Å². The first-order valence-electron chi connectivity index (χ1n) is 8.56. The molecule has 1 aliphatic rings. The molecule has 7 heteroatoms. The summed E-state index contributed by atoms with van der Waals surface area (Å²) in [6.45, 7) is 5.87. The van der Waals surface area contributed by atoms with Crippen LogP contribution in [0, 0.1) is 13.8 Å².